The van der Waals surface area contributed by atoms with E-state index in [9.17, 15) is 4.79 Å². The predicted molar refractivity (Wildman–Crippen MR) is 96.5 cm³/mol. The Morgan fingerprint density at radius 3 is 2.85 bits per heavy atom. The fourth-order valence-electron chi connectivity index (χ4n) is 2.32. The molecule has 0 unspecified atom stereocenters. The zero-order valence-electron chi connectivity index (χ0n) is 14.8. The molecule has 0 atom stereocenters. The molecule has 3 rings (SSSR count). The van der Waals surface area contributed by atoms with E-state index in [2.05, 4.69) is 10.1 Å². The van der Waals surface area contributed by atoms with Crippen LogP contribution in [0.2, 0.25) is 0 Å². The molecule has 0 N–H and O–H groups in total. The summed E-state index contributed by atoms with van der Waals surface area (Å²) in [5.41, 5.74) is 1.09. The number of aromatic nitrogens is 2. The smallest absolute Gasteiger partial charge is 0.276 e. The summed E-state index contributed by atoms with van der Waals surface area (Å²) in [6, 6.07) is 8.84. The molecule has 1 amide bonds. The minimum atomic E-state index is -0.230. The molecule has 2 heterocycles. The maximum absolute atomic E-state index is 12.4. The Labute approximate surface area is 155 Å². The van der Waals surface area contributed by atoms with E-state index < -0.39 is 0 Å². The minimum Gasteiger partial charge on any atom is -0.497 e. The fraction of sp³-hybridized carbons (Fsp3) is 0.278. The number of benzene rings is 1. The van der Waals surface area contributed by atoms with E-state index in [1.807, 2.05) is 30.5 Å². The van der Waals surface area contributed by atoms with E-state index in [0.29, 0.717) is 23.8 Å². The van der Waals surface area contributed by atoms with Crippen molar-refractivity contribution in [2.75, 3.05) is 14.2 Å². The van der Waals surface area contributed by atoms with Crippen LogP contribution in [0.4, 0.5) is 0 Å². The first-order valence-electron chi connectivity index (χ1n) is 7.94. The monoisotopic (exact) mass is 373 g/mol. The van der Waals surface area contributed by atoms with Crippen molar-refractivity contribution in [1.82, 2.24) is 15.0 Å². The van der Waals surface area contributed by atoms with Gasteiger partial charge in [0, 0.05) is 24.6 Å². The Kier molecular flexibility index (Phi) is 5.52. The Morgan fingerprint density at radius 1 is 1.31 bits per heavy atom. The van der Waals surface area contributed by atoms with Gasteiger partial charge >= 0.3 is 0 Å². The zero-order valence-corrected chi connectivity index (χ0v) is 15.6. The minimum absolute atomic E-state index is 0.169. The normalized spacial score (nSPS) is 10.6. The maximum Gasteiger partial charge on any atom is 0.276 e. The molecule has 0 aliphatic heterocycles. The van der Waals surface area contributed by atoms with E-state index in [-0.39, 0.29) is 18.2 Å². The van der Waals surface area contributed by atoms with Crippen molar-refractivity contribution in [3.05, 3.63) is 57.9 Å². The number of nitrogens with zero attached hydrogens (tertiary/aromatic N) is 3. The first kappa shape index (κ1) is 17.9. The van der Waals surface area contributed by atoms with Crippen LogP contribution < -0.4 is 9.47 Å². The number of hydrogen-bond acceptors (Lipinski definition) is 7. The van der Waals surface area contributed by atoms with Gasteiger partial charge in [-0.2, -0.15) is 0 Å². The van der Waals surface area contributed by atoms with Gasteiger partial charge in [0.05, 0.1) is 24.4 Å². The summed E-state index contributed by atoms with van der Waals surface area (Å²) in [4.78, 5) is 18.4. The molecular weight excluding hydrogens is 354 g/mol. The number of carbonyl (C=O) groups is 1. The third-order valence-electron chi connectivity index (χ3n) is 3.61. The van der Waals surface area contributed by atoms with E-state index in [0.717, 1.165) is 10.7 Å². The topological polar surface area (TPSA) is 77.7 Å². The van der Waals surface area contributed by atoms with Gasteiger partial charge in [0.2, 0.25) is 0 Å². The first-order chi connectivity index (χ1) is 12.5. The highest BCUT2D eigenvalue weighted by atomic mass is 32.1. The van der Waals surface area contributed by atoms with Gasteiger partial charge in [-0.05, 0) is 19.1 Å². The van der Waals surface area contributed by atoms with Crippen LogP contribution in [0.3, 0.4) is 0 Å². The second-order valence-corrected chi connectivity index (χ2v) is 6.73. The number of thiazole rings is 1. The van der Waals surface area contributed by atoms with Crippen molar-refractivity contribution in [3.8, 4) is 11.5 Å². The molecule has 136 valence electrons. The number of methoxy groups -OCH3 is 1. The predicted octanol–water partition coefficient (Wildman–Crippen LogP) is 3.30. The molecule has 7 nitrogen and oxygen atoms in total. The van der Waals surface area contributed by atoms with Crippen molar-refractivity contribution in [2.24, 2.45) is 0 Å². The van der Waals surface area contributed by atoms with Crippen molar-refractivity contribution in [2.45, 2.75) is 20.1 Å². The molecule has 0 spiro atoms. The van der Waals surface area contributed by atoms with Gasteiger partial charge in [0.25, 0.3) is 5.91 Å². The Hall–Kier alpha value is -2.87. The van der Waals surface area contributed by atoms with Gasteiger partial charge in [0.15, 0.2) is 11.5 Å². The quantitative estimate of drug-likeness (QED) is 0.632. The van der Waals surface area contributed by atoms with E-state index in [1.54, 1.807) is 42.5 Å². The third-order valence-corrected chi connectivity index (χ3v) is 4.44. The largest absolute Gasteiger partial charge is 0.497 e. The molecule has 0 radical (unpaired) electrons. The Morgan fingerprint density at radius 2 is 2.12 bits per heavy atom. The number of aryl methyl sites for hydroxylation is 1. The van der Waals surface area contributed by atoms with Crippen LogP contribution in [0, 0.1) is 6.92 Å². The maximum atomic E-state index is 12.4. The SMILES string of the molecule is COc1cccc(OCc2cc(C(=O)N(C)Cc3csc(C)n3)no2)c1. The summed E-state index contributed by atoms with van der Waals surface area (Å²) < 4.78 is 16.0. The summed E-state index contributed by atoms with van der Waals surface area (Å²) in [5, 5.41) is 6.75. The molecule has 0 bridgehead atoms. The molecule has 3 aromatic rings. The lowest BCUT2D eigenvalue weighted by atomic mass is 10.3. The summed E-state index contributed by atoms with van der Waals surface area (Å²) >= 11 is 1.56. The Balaban J connectivity index is 1.58. The van der Waals surface area contributed by atoms with Gasteiger partial charge in [-0.1, -0.05) is 11.2 Å². The number of rotatable bonds is 7. The van der Waals surface area contributed by atoms with E-state index in [1.165, 1.54) is 0 Å². The zero-order chi connectivity index (χ0) is 18.5. The molecule has 26 heavy (non-hydrogen) atoms. The van der Waals surface area contributed by atoms with Gasteiger partial charge in [-0.25, -0.2) is 4.98 Å². The highest BCUT2D eigenvalue weighted by Crippen LogP contribution is 2.20. The third kappa shape index (κ3) is 4.40. The summed E-state index contributed by atoms with van der Waals surface area (Å²) in [6.45, 7) is 2.52. The second-order valence-electron chi connectivity index (χ2n) is 5.67. The molecule has 0 fully saturated rings. The lowest BCUT2D eigenvalue weighted by Crippen LogP contribution is -2.26. The van der Waals surface area contributed by atoms with Crippen molar-refractivity contribution in [3.63, 3.8) is 0 Å². The van der Waals surface area contributed by atoms with Crippen LogP contribution in [0.15, 0.2) is 40.2 Å². The van der Waals surface area contributed by atoms with Gasteiger partial charge in [0.1, 0.15) is 18.1 Å². The lowest BCUT2D eigenvalue weighted by Gasteiger charge is -2.13. The standard InChI is InChI=1S/C18H19N3O4S/c1-12-19-13(11-26-12)9-21(2)18(22)17-8-16(25-20-17)10-24-15-6-4-5-14(7-15)23-3/h4-8,11H,9-10H2,1-3H3. The molecule has 8 heteroatoms. The lowest BCUT2D eigenvalue weighted by molar-refractivity contribution is 0.0773. The highest BCUT2D eigenvalue weighted by molar-refractivity contribution is 7.09. The molecule has 0 saturated carbocycles. The van der Waals surface area contributed by atoms with Crippen LogP contribution in [-0.2, 0) is 13.2 Å². The molecule has 1 aromatic carbocycles. The Bertz CT molecular complexity index is 890. The van der Waals surface area contributed by atoms with Crippen LogP contribution >= 0.6 is 11.3 Å². The average Bonchev–Trinajstić information content (AvgIpc) is 3.28. The molecule has 2 aromatic heterocycles. The van der Waals surface area contributed by atoms with Gasteiger partial charge < -0.3 is 18.9 Å². The average molecular weight is 373 g/mol. The summed E-state index contributed by atoms with van der Waals surface area (Å²) in [6.07, 6.45) is 0. The van der Waals surface area contributed by atoms with E-state index in [4.69, 9.17) is 14.0 Å². The van der Waals surface area contributed by atoms with E-state index >= 15 is 0 Å². The summed E-state index contributed by atoms with van der Waals surface area (Å²) in [5.74, 6) is 1.58. The number of carbonyl (C=O) groups excluding carboxylic acids is 1. The van der Waals surface area contributed by atoms with Crippen LogP contribution in [0.1, 0.15) is 27.0 Å². The first-order valence-corrected chi connectivity index (χ1v) is 8.82. The van der Waals surface area contributed by atoms with Crippen molar-refractivity contribution in [1.29, 1.82) is 0 Å². The van der Waals surface area contributed by atoms with Gasteiger partial charge in [-0.3, -0.25) is 4.79 Å². The van der Waals surface area contributed by atoms with Crippen LogP contribution in [0.5, 0.6) is 11.5 Å². The fourth-order valence-corrected chi connectivity index (χ4v) is 2.92. The van der Waals surface area contributed by atoms with Gasteiger partial charge in [-0.15, -0.1) is 11.3 Å². The number of hydrogen-bond donors (Lipinski definition) is 0. The number of amides is 1. The van der Waals surface area contributed by atoms with Crippen molar-refractivity contribution >= 4 is 17.2 Å². The second kappa shape index (κ2) is 8.01. The molecule has 0 aliphatic carbocycles. The van der Waals surface area contributed by atoms with Crippen LogP contribution in [-0.4, -0.2) is 35.1 Å². The highest BCUT2D eigenvalue weighted by Gasteiger charge is 2.18. The van der Waals surface area contributed by atoms with Crippen LogP contribution in [0.25, 0.3) is 0 Å². The molecule has 0 aliphatic rings. The molecule has 0 saturated heterocycles. The number of ether oxygens (including phenoxy) is 2. The van der Waals surface area contributed by atoms with Crippen molar-refractivity contribution < 1.29 is 18.8 Å². The summed E-state index contributed by atoms with van der Waals surface area (Å²) in [7, 11) is 3.30. The molecular formula is C18H19N3O4S.